The zero-order valence-electron chi connectivity index (χ0n) is 22.7. The molecule has 208 valence electrons. The van der Waals surface area contributed by atoms with Crippen molar-refractivity contribution in [3.8, 4) is 17.2 Å². The molecule has 2 aliphatic heterocycles. The van der Waals surface area contributed by atoms with E-state index in [1.807, 2.05) is 30.7 Å². The molecule has 1 aromatic heterocycles. The molecule has 1 fully saturated rings. The van der Waals surface area contributed by atoms with E-state index in [2.05, 4.69) is 11.6 Å². The normalized spacial score (nSPS) is 19.4. The first kappa shape index (κ1) is 27.1. The second-order valence-corrected chi connectivity index (χ2v) is 9.84. The van der Waals surface area contributed by atoms with Gasteiger partial charge in [0.1, 0.15) is 24.2 Å². The molecule has 0 spiro atoms. The quantitative estimate of drug-likeness (QED) is 0.162. The van der Waals surface area contributed by atoms with Crippen molar-refractivity contribution in [3.05, 3.63) is 90.0 Å². The van der Waals surface area contributed by atoms with Crippen molar-refractivity contribution in [2.75, 3.05) is 19.8 Å². The number of likely N-dealkylation sites (tertiary alicyclic amines) is 1. The molecule has 1 N–H and O–H groups in total. The Bertz CT molecular complexity index is 1450. The SMILES string of the molecule is C=CCOc1ccc([C@@H]2/C(=C(\O)c3ccc4c(c3)C[C@@H](C)O4)C(=O)C(=O)N2CCCn2ccnc2)cc1OCC. The zero-order chi connectivity index (χ0) is 28.2. The minimum Gasteiger partial charge on any atom is -0.507 e. The Hall–Kier alpha value is -4.53. The monoisotopic (exact) mass is 543 g/mol. The predicted molar refractivity (Wildman–Crippen MR) is 149 cm³/mol. The Labute approximate surface area is 233 Å². The molecule has 1 saturated heterocycles. The third-order valence-corrected chi connectivity index (χ3v) is 7.02. The number of aromatic nitrogens is 2. The number of carbonyl (C=O) groups excluding carboxylic acids is 2. The Balaban J connectivity index is 1.56. The average Bonchev–Trinajstić information content (AvgIpc) is 3.66. The number of carbonyl (C=O) groups is 2. The lowest BCUT2D eigenvalue weighted by molar-refractivity contribution is -0.139. The Morgan fingerprint density at radius 1 is 1.18 bits per heavy atom. The van der Waals surface area contributed by atoms with E-state index in [4.69, 9.17) is 14.2 Å². The van der Waals surface area contributed by atoms with Crippen molar-refractivity contribution < 1.29 is 28.9 Å². The van der Waals surface area contributed by atoms with Crippen molar-refractivity contribution in [1.29, 1.82) is 0 Å². The number of Topliss-reactive ketones (excluding diaryl/α,β-unsaturated/α-hetero) is 1. The van der Waals surface area contributed by atoms with Crippen LogP contribution in [0.5, 0.6) is 17.2 Å². The van der Waals surface area contributed by atoms with Crippen LogP contribution in [-0.4, -0.2) is 57.1 Å². The van der Waals surface area contributed by atoms with E-state index < -0.39 is 17.7 Å². The van der Waals surface area contributed by atoms with E-state index >= 15 is 0 Å². The predicted octanol–water partition coefficient (Wildman–Crippen LogP) is 4.68. The summed E-state index contributed by atoms with van der Waals surface area (Å²) >= 11 is 0. The molecular weight excluding hydrogens is 510 g/mol. The molecule has 2 aliphatic rings. The highest BCUT2D eigenvalue weighted by Gasteiger charge is 2.46. The number of imidazole rings is 1. The second-order valence-electron chi connectivity index (χ2n) is 9.84. The smallest absolute Gasteiger partial charge is 0.295 e. The van der Waals surface area contributed by atoms with Crippen LogP contribution >= 0.6 is 0 Å². The van der Waals surface area contributed by atoms with Crippen molar-refractivity contribution in [2.24, 2.45) is 0 Å². The first-order valence-corrected chi connectivity index (χ1v) is 13.5. The van der Waals surface area contributed by atoms with E-state index in [1.165, 1.54) is 4.90 Å². The average molecular weight is 544 g/mol. The Morgan fingerprint density at radius 3 is 2.77 bits per heavy atom. The summed E-state index contributed by atoms with van der Waals surface area (Å²) in [4.78, 5) is 32.5. The number of rotatable bonds is 11. The molecule has 3 heterocycles. The number of benzene rings is 2. The lowest BCUT2D eigenvalue weighted by Crippen LogP contribution is -2.31. The highest BCUT2D eigenvalue weighted by Crippen LogP contribution is 2.43. The van der Waals surface area contributed by atoms with Gasteiger partial charge in [-0.05, 0) is 61.7 Å². The standard InChI is InChI=1S/C31H33N3O6/c1-4-15-39-25-10-7-21(18-26(25)38-5-2)28-27(29(35)22-8-9-24-23(17-22)16-20(3)40-24)30(36)31(37)34(28)13-6-12-33-14-11-32-19-33/h4,7-11,14,17-20,28,35H,1,5-6,12-13,15-16H2,2-3H3/b29-27+/t20-,28-/m1/s1. The van der Waals surface area contributed by atoms with Gasteiger partial charge in [-0.3, -0.25) is 9.59 Å². The number of ether oxygens (including phenoxy) is 3. The molecule has 0 unspecified atom stereocenters. The van der Waals surface area contributed by atoms with E-state index in [1.54, 1.807) is 48.9 Å². The number of hydrogen-bond donors (Lipinski definition) is 1. The van der Waals surface area contributed by atoms with Gasteiger partial charge in [0.25, 0.3) is 11.7 Å². The molecule has 3 aromatic rings. The molecule has 9 nitrogen and oxygen atoms in total. The van der Waals surface area contributed by atoms with Gasteiger partial charge in [0, 0.05) is 37.5 Å². The maximum Gasteiger partial charge on any atom is 0.295 e. The zero-order valence-corrected chi connectivity index (χ0v) is 22.7. The van der Waals surface area contributed by atoms with Crippen LogP contribution in [0.1, 0.15) is 43.0 Å². The number of nitrogens with zero attached hydrogens (tertiary/aromatic N) is 3. The maximum absolute atomic E-state index is 13.5. The summed E-state index contributed by atoms with van der Waals surface area (Å²) in [6.45, 7) is 9.16. The minimum atomic E-state index is -0.807. The fourth-order valence-corrected chi connectivity index (χ4v) is 5.26. The second kappa shape index (κ2) is 11.7. The van der Waals surface area contributed by atoms with Crippen LogP contribution in [0.2, 0.25) is 0 Å². The summed E-state index contributed by atoms with van der Waals surface area (Å²) in [5.74, 6) is 0.176. The molecule has 1 amide bonds. The van der Waals surface area contributed by atoms with E-state index in [-0.39, 0.29) is 17.4 Å². The van der Waals surface area contributed by atoms with Crippen LogP contribution in [0, 0.1) is 0 Å². The van der Waals surface area contributed by atoms with Crippen molar-refractivity contribution in [2.45, 2.75) is 45.4 Å². The third kappa shape index (κ3) is 5.32. The van der Waals surface area contributed by atoms with Gasteiger partial charge >= 0.3 is 0 Å². The van der Waals surface area contributed by atoms with Gasteiger partial charge in [0.15, 0.2) is 11.5 Å². The number of aliphatic hydroxyl groups excluding tert-OH is 1. The lowest BCUT2D eigenvalue weighted by atomic mass is 9.94. The minimum absolute atomic E-state index is 0.0345. The number of aliphatic hydroxyl groups is 1. The Morgan fingerprint density at radius 2 is 2.02 bits per heavy atom. The summed E-state index contributed by atoms with van der Waals surface area (Å²) in [7, 11) is 0. The molecule has 2 atom stereocenters. The first-order valence-electron chi connectivity index (χ1n) is 13.5. The van der Waals surface area contributed by atoms with Gasteiger partial charge < -0.3 is 28.8 Å². The van der Waals surface area contributed by atoms with Crippen molar-refractivity contribution >= 4 is 17.4 Å². The van der Waals surface area contributed by atoms with Crippen molar-refractivity contribution in [3.63, 3.8) is 0 Å². The van der Waals surface area contributed by atoms with Gasteiger partial charge in [-0.15, -0.1) is 0 Å². The number of fused-ring (bicyclic) bond motifs is 1. The van der Waals surface area contributed by atoms with Gasteiger partial charge in [-0.2, -0.15) is 0 Å². The largest absolute Gasteiger partial charge is 0.507 e. The van der Waals surface area contributed by atoms with Crippen LogP contribution in [-0.2, 0) is 22.6 Å². The molecular formula is C31H33N3O6. The van der Waals surface area contributed by atoms with Gasteiger partial charge in [-0.1, -0.05) is 18.7 Å². The van der Waals surface area contributed by atoms with Crippen molar-refractivity contribution in [1.82, 2.24) is 14.5 Å². The fourth-order valence-electron chi connectivity index (χ4n) is 5.26. The molecule has 5 rings (SSSR count). The summed E-state index contributed by atoms with van der Waals surface area (Å²) in [6.07, 6.45) is 8.22. The summed E-state index contributed by atoms with van der Waals surface area (Å²) in [5.41, 5.74) is 2.09. The summed E-state index contributed by atoms with van der Waals surface area (Å²) < 4.78 is 19.3. The number of hydrogen-bond acceptors (Lipinski definition) is 7. The molecule has 2 aromatic carbocycles. The Kier molecular flexibility index (Phi) is 7.91. The first-order chi connectivity index (χ1) is 19.4. The summed E-state index contributed by atoms with van der Waals surface area (Å²) in [5, 5.41) is 11.5. The highest BCUT2D eigenvalue weighted by atomic mass is 16.5. The van der Waals surface area contributed by atoms with Crippen LogP contribution in [0.4, 0.5) is 0 Å². The summed E-state index contributed by atoms with van der Waals surface area (Å²) in [6, 6.07) is 9.85. The lowest BCUT2D eigenvalue weighted by Gasteiger charge is -2.26. The van der Waals surface area contributed by atoms with Crippen LogP contribution < -0.4 is 14.2 Å². The number of amides is 1. The molecule has 9 heteroatoms. The molecule has 0 aliphatic carbocycles. The maximum atomic E-state index is 13.5. The number of aryl methyl sites for hydroxylation is 1. The van der Waals surface area contributed by atoms with Gasteiger partial charge in [0.05, 0.1) is 24.5 Å². The molecule has 0 saturated carbocycles. The van der Waals surface area contributed by atoms with Crippen LogP contribution in [0.25, 0.3) is 5.76 Å². The molecule has 0 radical (unpaired) electrons. The van der Waals surface area contributed by atoms with E-state index in [9.17, 15) is 14.7 Å². The van der Waals surface area contributed by atoms with Gasteiger partial charge in [0.2, 0.25) is 0 Å². The van der Waals surface area contributed by atoms with E-state index in [0.717, 1.165) is 11.3 Å². The van der Waals surface area contributed by atoms with Crippen LogP contribution in [0.3, 0.4) is 0 Å². The third-order valence-electron chi connectivity index (χ3n) is 7.02. The molecule has 40 heavy (non-hydrogen) atoms. The fraction of sp³-hybridized carbons (Fsp3) is 0.323. The highest BCUT2D eigenvalue weighted by molar-refractivity contribution is 6.46. The molecule has 0 bridgehead atoms. The van der Waals surface area contributed by atoms with Crippen LogP contribution in [0.15, 0.2) is 73.3 Å². The number of ketones is 1. The van der Waals surface area contributed by atoms with Gasteiger partial charge in [-0.25, -0.2) is 4.98 Å². The topological polar surface area (TPSA) is 103 Å². The van der Waals surface area contributed by atoms with E-state index in [0.29, 0.717) is 61.8 Å².